The number of piperazine rings is 1. The van der Waals surface area contributed by atoms with Gasteiger partial charge < -0.3 is 25.1 Å². The zero-order valence-electron chi connectivity index (χ0n) is 20.0. The van der Waals surface area contributed by atoms with Crippen LogP contribution in [0.15, 0.2) is 24.5 Å². The summed E-state index contributed by atoms with van der Waals surface area (Å²) < 4.78 is 13.7. The third kappa shape index (κ3) is 4.94. The highest BCUT2D eigenvalue weighted by atomic mass is 35.5. The molecule has 2 amide bonds. The van der Waals surface area contributed by atoms with Gasteiger partial charge in [0.25, 0.3) is 0 Å². The van der Waals surface area contributed by atoms with Crippen LogP contribution in [-0.4, -0.2) is 76.2 Å². The Labute approximate surface area is 210 Å². The Morgan fingerprint density at radius 1 is 1.23 bits per heavy atom. The maximum Gasteiger partial charge on any atom is 0.320 e. The van der Waals surface area contributed by atoms with Gasteiger partial charge in [0.1, 0.15) is 18.0 Å². The first-order valence-corrected chi connectivity index (χ1v) is 12.8. The van der Waals surface area contributed by atoms with E-state index in [-0.39, 0.29) is 23.0 Å². The summed E-state index contributed by atoms with van der Waals surface area (Å²) in [6, 6.07) is 4.80. The van der Waals surface area contributed by atoms with Crippen LogP contribution in [0.3, 0.4) is 0 Å². The normalized spacial score (nSPS) is 22.9. The number of nitrogens with one attached hydrogen (secondary N) is 1. The summed E-state index contributed by atoms with van der Waals surface area (Å²) in [5.74, 6) is 0.625. The number of amides is 2. The molecular weight excluding hydrogens is 471 g/mol. The van der Waals surface area contributed by atoms with E-state index in [2.05, 4.69) is 27.1 Å². The molecule has 3 heterocycles. The minimum atomic E-state index is -0.539. The molecule has 8 nitrogen and oxygen atoms in total. The average Bonchev–Trinajstić information content (AvgIpc) is 3.18. The molecule has 5 rings (SSSR count). The SMILES string of the molecule is C[C@@H]1C[C@@H](O)c2ncnc(N3CCN(C(=O)N(Cc4ccc(F)c(Cl)c4)C4CCNCC4)CC3)c21. The first-order valence-electron chi connectivity index (χ1n) is 12.4. The number of carbonyl (C=O) groups excluding carboxylic acids is 1. The van der Waals surface area contributed by atoms with Crippen LogP contribution < -0.4 is 10.2 Å². The fourth-order valence-electron chi connectivity index (χ4n) is 5.55. The zero-order chi connectivity index (χ0) is 24.5. The molecule has 0 bridgehead atoms. The van der Waals surface area contributed by atoms with Crippen molar-refractivity contribution >= 4 is 23.4 Å². The Balaban J connectivity index is 1.30. The van der Waals surface area contributed by atoms with Crippen molar-refractivity contribution in [3.8, 4) is 0 Å². The first kappa shape index (κ1) is 24.2. The van der Waals surface area contributed by atoms with Crippen LogP contribution in [0.5, 0.6) is 0 Å². The number of urea groups is 1. The largest absolute Gasteiger partial charge is 0.387 e. The molecule has 0 radical (unpaired) electrons. The van der Waals surface area contributed by atoms with E-state index >= 15 is 0 Å². The number of nitrogens with zero attached hydrogens (tertiary/aromatic N) is 5. The number of aliphatic hydroxyl groups is 1. The molecular formula is C25H32ClFN6O2. The molecule has 2 atom stereocenters. The predicted octanol–water partition coefficient (Wildman–Crippen LogP) is 3.31. The van der Waals surface area contributed by atoms with Gasteiger partial charge in [-0.25, -0.2) is 19.2 Å². The number of aromatic nitrogens is 2. The molecule has 2 aromatic rings. The average molecular weight is 503 g/mol. The van der Waals surface area contributed by atoms with Crippen molar-refractivity contribution in [2.24, 2.45) is 0 Å². The van der Waals surface area contributed by atoms with Crippen molar-refractivity contribution in [2.45, 2.75) is 50.8 Å². The smallest absolute Gasteiger partial charge is 0.320 e. The van der Waals surface area contributed by atoms with Crippen molar-refractivity contribution in [1.29, 1.82) is 0 Å². The second kappa shape index (κ2) is 10.2. The molecule has 1 aromatic carbocycles. The van der Waals surface area contributed by atoms with Crippen LogP contribution in [-0.2, 0) is 6.54 Å². The topological polar surface area (TPSA) is 84.8 Å². The van der Waals surface area contributed by atoms with Crippen molar-refractivity contribution in [2.75, 3.05) is 44.2 Å². The number of hydrogen-bond acceptors (Lipinski definition) is 6. The van der Waals surface area contributed by atoms with Crippen LogP contribution in [0.1, 0.15) is 55.0 Å². The molecule has 188 valence electrons. The maximum absolute atomic E-state index is 13.7. The van der Waals surface area contributed by atoms with Gasteiger partial charge in [-0.3, -0.25) is 0 Å². The highest BCUT2D eigenvalue weighted by molar-refractivity contribution is 6.30. The molecule has 0 spiro atoms. The molecule has 35 heavy (non-hydrogen) atoms. The van der Waals surface area contributed by atoms with Crippen LogP contribution in [0.25, 0.3) is 0 Å². The molecule has 1 aliphatic carbocycles. The molecule has 2 fully saturated rings. The van der Waals surface area contributed by atoms with Gasteiger partial charge in [0.15, 0.2) is 0 Å². The number of aliphatic hydroxyl groups excluding tert-OH is 1. The minimum absolute atomic E-state index is 0.00806. The van der Waals surface area contributed by atoms with Crippen LogP contribution in [0.4, 0.5) is 15.0 Å². The third-order valence-electron chi connectivity index (χ3n) is 7.46. The number of piperidine rings is 1. The molecule has 3 aliphatic rings. The number of rotatable bonds is 4. The summed E-state index contributed by atoms with van der Waals surface area (Å²) in [5, 5.41) is 13.8. The van der Waals surface area contributed by atoms with Gasteiger partial charge >= 0.3 is 6.03 Å². The third-order valence-corrected chi connectivity index (χ3v) is 7.75. The van der Waals surface area contributed by atoms with Crippen molar-refractivity contribution in [3.05, 3.63) is 52.2 Å². The van der Waals surface area contributed by atoms with Crippen LogP contribution in [0, 0.1) is 5.82 Å². The maximum atomic E-state index is 13.7. The van der Waals surface area contributed by atoms with Gasteiger partial charge in [0.05, 0.1) is 16.8 Å². The van der Waals surface area contributed by atoms with E-state index < -0.39 is 11.9 Å². The van der Waals surface area contributed by atoms with Crippen molar-refractivity contribution in [1.82, 2.24) is 25.1 Å². The van der Waals surface area contributed by atoms with E-state index in [1.165, 1.54) is 12.4 Å². The van der Waals surface area contributed by atoms with E-state index in [1.807, 2.05) is 9.80 Å². The summed E-state index contributed by atoms with van der Waals surface area (Å²) in [7, 11) is 0. The Morgan fingerprint density at radius 2 is 1.97 bits per heavy atom. The molecule has 0 unspecified atom stereocenters. The molecule has 0 saturated carbocycles. The lowest BCUT2D eigenvalue weighted by atomic mass is 10.0. The lowest BCUT2D eigenvalue weighted by molar-refractivity contribution is 0.115. The van der Waals surface area contributed by atoms with Gasteiger partial charge in [-0.05, 0) is 56.0 Å². The van der Waals surface area contributed by atoms with Gasteiger partial charge in [-0.15, -0.1) is 0 Å². The number of fused-ring (bicyclic) bond motifs is 1. The lowest BCUT2D eigenvalue weighted by Gasteiger charge is -2.42. The number of benzene rings is 1. The van der Waals surface area contributed by atoms with Gasteiger partial charge in [-0.1, -0.05) is 24.6 Å². The van der Waals surface area contributed by atoms with Gasteiger partial charge in [-0.2, -0.15) is 0 Å². The van der Waals surface area contributed by atoms with Crippen LogP contribution in [0.2, 0.25) is 5.02 Å². The second-order valence-corrected chi connectivity index (χ2v) is 10.2. The summed E-state index contributed by atoms with van der Waals surface area (Å²) >= 11 is 6.01. The molecule has 2 N–H and O–H groups in total. The standard InChI is InChI=1S/C25H32ClFN6O2/c1-16-12-21(34)23-22(16)24(30-15-29-23)31-8-10-32(11-9-31)25(35)33(18-4-6-28-7-5-18)14-17-2-3-20(27)19(26)13-17/h2-3,13,15-16,18,21,28,34H,4-12,14H2,1H3/t16-,21-/m1/s1. The molecule has 1 aromatic heterocycles. The fraction of sp³-hybridized carbons (Fsp3) is 0.560. The summed E-state index contributed by atoms with van der Waals surface area (Å²) in [6.45, 7) is 6.74. The fourth-order valence-corrected chi connectivity index (χ4v) is 5.75. The molecule has 2 saturated heterocycles. The summed E-state index contributed by atoms with van der Waals surface area (Å²) in [6.07, 6.45) is 3.42. The van der Waals surface area contributed by atoms with E-state index in [4.69, 9.17) is 11.6 Å². The van der Waals surface area contributed by atoms with E-state index in [1.54, 1.807) is 12.1 Å². The summed E-state index contributed by atoms with van der Waals surface area (Å²) in [4.78, 5) is 28.6. The van der Waals surface area contributed by atoms with E-state index in [9.17, 15) is 14.3 Å². The highest BCUT2D eigenvalue weighted by Gasteiger charge is 2.35. The number of hydrogen-bond donors (Lipinski definition) is 2. The highest BCUT2D eigenvalue weighted by Crippen LogP contribution is 2.42. The lowest BCUT2D eigenvalue weighted by Crippen LogP contribution is -2.56. The Morgan fingerprint density at radius 3 is 2.69 bits per heavy atom. The first-order chi connectivity index (χ1) is 16.9. The Bertz CT molecular complexity index is 1070. The molecule has 10 heteroatoms. The van der Waals surface area contributed by atoms with Crippen LogP contribution >= 0.6 is 11.6 Å². The van der Waals surface area contributed by atoms with Crippen molar-refractivity contribution in [3.63, 3.8) is 0 Å². The van der Waals surface area contributed by atoms with E-state index in [0.29, 0.717) is 39.1 Å². The number of carbonyl (C=O) groups is 1. The van der Waals surface area contributed by atoms with E-state index in [0.717, 1.165) is 48.6 Å². The Hall–Kier alpha value is -2.49. The monoisotopic (exact) mass is 502 g/mol. The van der Waals surface area contributed by atoms with Crippen molar-refractivity contribution < 1.29 is 14.3 Å². The minimum Gasteiger partial charge on any atom is -0.387 e. The Kier molecular flexibility index (Phi) is 7.09. The van der Waals surface area contributed by atoms with Gasteiger partial charge in [0.2, 0.25) is 0 Å². The number of halogens is 2. The molecule has 2 aliphatic heterocycles. The number of anilines is 1. The quantitative estimate of drug-likeness (QED) is 0.667. The zero-order valence-corrected chi connectivity index (χ0v) is 20.7. The predicted molar refractivity (Wildman–Crippen MR) is 132 cm³/mol. The second-order valence-electron chi connectivity index (χ2n) is 9.76. The van der Waals surface area contributed by atoms with Gasteiger partial charge in [0, 0.05) is 44.3 Å². The summed E-state index contributed by atoms with van der Waals surface area (Å²) in [5.41, 5.74) is 2.59.